The van der Waals surface area contributed by atoms with Crippen molar-refractivity contribution in [2.75, 3.05) is 6.61 Å². The van der Waals surface area contributed by atoms with Crippen LogP contribution in [0.1, 0.15) is 38.2 Å². The van der Waals surface area contributed by atoms with Gasteiger partial charge in [0.15, 0.2) is 5.78 Å². The number of hydrogen-bond acceptors (Lipinski definition) is 6. The van der Waals surface area contributed by atoms with Crippen molar-refractivity contribution in [3.63, 3.8) is 0 Å². The van der Waals surface area contributed by atoms with Gasteiger partial charge >= 0.3 is 5.97 Å². The number of ketones is 1. The third-order valence-electron chi connectivity index (χ3n) is 7.00. The lowest BCUT2D eigenvalue weighted by Crippen LogP contribution is -2.05. The van der Waals surface area contributed by atoms with E-state index in [0.717, 1.165) is 39.5 Å². The third kappa shape index (κ3) is 5.94. The highest BCUT2D eigenvalue weighted by molar-refractivity contribution is 7.14. The topological polar surface area (TPSA) is 95.9 Å². The number of aromatic nitrogens is 1. The Morgan fingerprint density at radius 2 is 1.51 bits per heavy atom. The highest BCUT2D eigenvalue weighted by Gasteiger charge is 2.25. The number of nitrogens with zero attached hydrogens (tertiary/aromatic N) is 3. The molecule has 0 bridgehead atoms. The van der Waals surface area contributed by atoms with E-state index in [1.54, 1.807) is 19.9 Å². The molecule has 2 aromatic heterocycles. The molecule has 0 spiro atoms. The Labute approximate surface area is 254 Å². The lowest BCUT2D eigenvalue weighted by atomic mass is 10.0. The van der Waals surface area contributed by atoms with Gasteiger partial charge in [-0.05, 0) is 54.8 Å². The number of carbonyl (C=O) groups excluding carboxylic acids is 2. The van der Waals surface area contributed by atoms with E-state index in [2.05, 4.69) is 16.7 Å². The van der Waals surface area contributed by atoms with Crippen LogP contribution in [0, 0.1) is 29.6 Å². The summed E-state index contributed by atoms with van der Waals surface area (Å²) in [6.07, 6.45) is 1.44. The Morgan fingerprint density at radius 3 is 2.09 bits per heavy atom. The molecule has 0 radical (unpaired) electrons. The first-order valence-corrected chi connectivity index (χ1v) is 14.5. The average molecular weight is 582 g/mol. The van der Waals surface area contributed by atoms with Gasteiger partial charge in [-0.3, -0.25) is 4.79 Å². The van der Waals surface area contributed by atoms with Gasteiger partial charge in [-0.15, -0.1) is 11.3 Å². The van der Waals surface area contributed by atoms with Gasteiger partial charge < -0.3 is 9.30 Å². The van der Waals surface area contributed by atoms with E-state index in [4.69, 9.17) is 4.74 Å². The number of ether oxygens (including phenoxy) is 1. The van der Waals surface area contributed by atoms with Crippen LogP contribution in [0.15, 0.2) is 103 Å². The van der Waals surface area contributed by atoms with Crippen molar-refractivity contribution in [3.05, 3.63) is 129 Å². The van der Waals surface area contributed by atoms with Gasteiger partial charge in [-0.1, -0.05) is 78.9 Å². The van der Waals surface area contributed by atoms with E-state index >= 15 is 0 Å². The van der Waals surface area contributed by atoms with Gasteiger partial charge in [0.2, 0.25) is 0 Å². The molecule has 0 amide bonds. The molecule has 0 fully saturated rings. The Kier molecular flexibility index (Phi) is 8.77. The van der Waals surface area contributed by atoms with Crippen LogP contribution in [0.25, 0.3) is 34.3 Å². The normalized spacial score (nSPS) is 11.0. The quantitative estimate of drug-likeness (QED) is 0.1000. The summed E-state index contributed by atoms with van der Waals surface area (Å²) < 4.78 is 7.26. The number of allylic oxidation sites excluding steroid dienone is 1. The SMILES string of the molecule is CCOC(=O)c1sc(CC(=O)C(C#N)=Cc2cc(-c3ccccc3)n(-c3ccccc3)c2-c2ccccc2)c(C#N)c1C. The van der Waals surface area contributed by atoms with E-state index in [0.29, 0.717) is 20.9 Å². The van der Waals surface area contributed by atoms with Crippen molar-refractivity contribution in [2.45, 2.75) is 20.3 Å². The number of nitriles is 2. The van der Waals surface area contributed by atoms with Crippen LogP contribution in [-0.2, 0) is 16.0 Å². The van der Waals surface area contributed by atoms with Crippen LogP contribution in [0.2, 0.25) is 0 Å². The van der Waals surface area contributed by atoms with Crippen LogP contribution < -0.4 is 0 Å². The lowest BCUT2D eigenvalue weighted by molar-refractivity contribution is -0.114. The molecule has 0 unspecified atom stereocenters. The van der Waals surface area contributed by atoms with Crippen LogP contribution in [0.5, 0.6) is 0 Å². The van der Waals surface area contributed by atoms with Gasteiger partial charge in [-0.2, -0.15) is 10.5 Å². The molecule has 2 heterocycles. The second kappa shape index (κ2) is 13.0. The summed E-state index contributed by atoms with van der Waals surface area (Å²) in [6.45, 7) is 3.57. The molecule has 7 heteroatoms. The predicted molar refractivity (Wildman–Crippen MR) is 169 cm³/mol. The number of rotatable bonds is 9. The van der Waals surface area contributed by atoms with Crippen LogP contribution in [0.4, 0.5) is 0 Å². The van der Waals surface area contributed by atoms with Crippen molar-refractivity contribution in [3.8, 4) is 40.3 Å². The Morgan fingerprint density at radius 1 is 0.907 bits per heavy atom. The van der Waals surface area contributed by atoms with Crippen molar-refractivity contribution >= 4 is 29.2 Å². The number of carbonyl (C=O) groups is 2. The zero-order chi connectivity index (χ0) is 30.3. The summed E-state index contributed by atoms with van der Waals surface area (Å²) in [5, 5.41) is 20.0. The Bertz CT molecular complexity index is 1910. The molecule has 5 rings (SSSR count). The predicted octanol–water partition coefficient (Wildman–Crippen LogP) is 7.95. The van der Waals surface area contributed by atoms with Crippen molar-refractivity contribution < 1.29 is 14.3 Å². The van der Waals surface area contributed by atoms with Crippen molar-refractivity contribution in [2.24, 2.45) is 0 Å². The van der Waals surface area contributed by atoms with Crippen molar-refractivity contribution in [1.29, 1.82) is 10.5 Å². The van der Waals surface area contributed by atoms with Gasteiger partial charge in [0, 0.05) is 22.5 Å². The van der Waals surface area contributed by atoms with Gasteiger partial charge in [0.1, 0.15) is 17.0 Å². The Hall–Kier alpha value is -5.50. The first-order valence-electron chi connectivity index (χ1n) is 13.7. The van der Waals surface area contributed by atoms with Crippen molar-refractivity contribution in [1.82, 2.24) is 4.57 Å². The minimum Gasteiger partial charge on any atom is -0.462 e. The van der Waals surface area contributed by atoms with Crippen LogP contribution >= 0.6 is 11.3 Å². The molecule has 43 heavy (non-hydrogen) atoms. The fraction of sp³-hybridized carbons (Fsp3) is 0.111. The molecular formula is C36H27N3O3S. The number of hydrogen-bond donors (Lipinski definition) is 0. The number of benzene rings is 3. The number of Topliss-reactive ketones (excluding diaryl/α,β-unsaturated/α-hetero) is 1. The fourth-order valence-electron chi connectivity index (χ4n) is 5.01. The second-order valence-corrected chi connectivity index (χ2v) is 10.8. The number of para-hydroxylation sites is 1. The second-order valence-electron chi connectivity index (χ2n) is 9.69. The molecule has 0 atom stereocenters. The molecule has 0 aliphatic rings. The van der Waals surface area contributed by atoms with Crippen LogP contribution in [0.3, 0.4) is 0 Å². The highest BCUT2D eigenvalue weighted by Crippen LogP contribution is 2.37. The first-order chi connectivity index (χ1) is 21.0. The summed E-state index contributed by atoms with van der Waals surface area (Å²) >= 11 is 1.06. The van der Waals surface area contributed by atoms with Gasteiger partial charge in [0.25, 0.3) is 0 Å². The van der Waals surface area contributed by atoms with Crippen LogP contribution in [-0.4, -0.2) is 22.9 Å². The van der Waals surface area contributed by atoms with E-state index in [1.807, 2.05) is 97.1 Å². The molecule has 0 aliphatic carbocycles. The minimum atomic E-state index is -0.528. The molecule has 6 nitrogen and oxygen atoms in total. The summed E-state index contributed by atoms with van der Waals surface area (Å²) in [6, 6.07) is 35.9. The fourth-order valence-corrected chi connectivity index (χ4v) is 6.15. The average Bonchev–Trinajstić information content (AvgIpc) is 3.58. The maximum atomic E-state index is 13.6. The molecule has 0 N–H and O–H groups in total. The van der Waals surface area contributed by atoms with E-state index in [-0.39, 0.29) is 24.2 Å². The maximum Gasteiger partial charge on any atom is 0.348 e. The summed E-state index contributed by atoms with van der Waals surface area (Å²) in [7, 11) is 0. The summed E-state index contributed by atoms with van der Waals surface area (Å²) in [4.78, 5) is 26.8. The molecule has 3 aromatic carbocycles. The zero-order valence-electron chi connectivity index (χ0n) is 23.7. The van der Waals surface area contributed by atoms with Gasteiger partial charge in [-0.25, -0.2) is 4.79 Å². The monoisotopic (exact) mass is 581 g/mol. The maximum absolute atomic E-state index is 13.6. The van der Waals surface area contributed by atoms with E-state index < -0.39 is 11.8 Å². The lowest BCUT2D eigenvalue weighted by Gasteiger charge is -2.15. The first kappa shape index (κ1) is 29.0. The summed E-state index contributed by atoms with van der Waals surface area (Å²) in [5.74, 6) is -0.970. The molecule has 0 aliphatic heterocycles. The zero-order valence-corrected chi connectivity index (χ0v) is 24.5. The smallest absolute Gasteiger partial charge is 0.348 e. The highest BCUT2D eigenvalue weighted by atomic mass is 32.1. The molecule has 5 aromatic rings. The Balaban J connectivity index is 1.65. The molecular weight excluding hydrogens is 554 g/mol. The molecule has 0 saturated heterocycles. The molecule has 0 saturated carbocycles. The summed E-state index contributed by atoms with van der Waals surface area (Å²) in [5.41, 5.74) is 5.98. The minimum absolute atomic E-state index is 0.0466. The number of thiophene rings is 1. The third-order valence-corrected chi connectivity index (χ3v) is 8.27. The standard InChI is InChI=1S/C36H27N3O3S/c1-3-42-36(41)35-24(2)30(23-38)33(43-35)21-32(40)28(22-37)19-27-20-31(25-13-7-4-8-14-25)39(29-17-11-6-12-18-29)34(27)26-15-9-5-10-16-26/h4-20H,3,21H2,1-2H3. The van der Waals surface area contributed by atoms with E-state index in [1.165, 1.54) is 0 Å². The molecule has 210 valence electrons. The van der Waals surface area contributed by atoms with Gasteiger partial charge in [0.05, 0.1) is 29.1 Å². The van der Waals surface area contributed by atoms with E-state index in [9.17, 15) is 20.1 Å². The number of esters is 1. The largest absolute Gasteiger partial charge is 0.462 e.